The van der Waals surface area contributed by atoms with Crippen LogP contribution in [0, 0.1) is 0 Å². The van der Waals surface area contributed by atoms with Crippen molar-refractivity contribution in [1.29, 1.82) is 0 Å². The average molecular weight is 384 g/mol. The molecule has 4 nitrogen and oxygen atoms in total. The molecule has 2 aromatic carbocycles. The molecular formula is C24H33NO3. The zero-order valence-electron chi connectivity index (χ0n) is 18.0. The second-order valence-corrected chi connectivity index (χ2v) is 9.40. The first-order chi connectivity index (χ1) is 12.9. The predicted octanol–water partition coefficient (Wildman–Crippen LogP) is 4.62. The maximum absolute atomic E-state index is 12.3. The monoisotopic (exact) mass is 383 g/mol. The molecular weight excluding hydrogens is 350 g/mol. The lowest BCUT2D eigenvalue weighted by Crippen LogP contribution is -2.38. The molecule has 0 aliphatic heterocycles. The van der Waals surface area contributed by atoms with Gasteiger partial charge in [-0.2, -0.15) is 0 Å². The van der Waals surface area contributed by atoms with Gasteiger partial charge in [-0.1, -0.05) is 84.0 Å². The third-order valence-electron chi connectivity index (χ3n) is 5.10. The highest BCUT2D eigenvalue weighted by molar-refractivity contribution is 5.78. The Labute approximate surface area is 168 Å². The number of methoxy groups -OCH3 is 1. The Morgan fingerprint density at radius 1 is 0.929 bits per heavy atom. The number of hydrogen-bond acceptors (Lipinski definition) is 4. The van der Waals surface area contributed by atoms with Crippen LogP contribution < -0.4 is 5.73 Å². The number of aromatic hydroxyl groups is 1. The molecule has 152 valence electrons. The number of esters is 1. The van der Waals surface area contributed by atoms with Gasteiger partial charge in [0.15, 0.2) is 0 Å². The van der Waals surface area contributed by atoms with Crippen molar-refractivity contribution in [2.24, 2.45) is 5.73 Å². The molecule has 0 saturated heterocycles. The van der Waals surface area contributed by atoms with Gasteiger partial charge in [0.2, 0.25) is 0 Å². The number of nitrogens with two attached hydrogens (primary N) is 1. The third kappa shape index (κ3) is 4.56. The normalized spacial score (nSPS) is 14.4. The Morgan fingerprint density at radius 3 is 1.79 bits per heavy atom. The Hall–Kier alpha value is -2.33. The quantitative estimate of drug-likeness (QED) is 0.756. The fraction of sp³-hybridized carbons (Fsp3) is 0.458. The van der Waals surface area contributed by atoms with Crippen LogP contribution in [0.5, 0.6) is 5.75 Å². The largest absolute Gasteiger partial charge is 0.507 e. The fourth-order valence-corrected chi connectivity index (χ4v) is 3.52. The van der Waals surface area contributed by atoms with E-state index in [4.69, 9.17) is 10.5 Å². The summed E-state index contributed by atoms with van der Waals surface area (Å²) in [5.74, 6) is -0.532. The lowest BCUT2D eigenvalue weighted by atomic mass is 9.75. The lowest BCUT2D eigenvalue weighted by molar-refractivity contribution is -0.142. The van der Waals surface area contributed by atoms with E-state index in [9.17, 15) is 9.90 Å². The average Bonchev–Trinajstić information content (AvgIpc) is 2.61. The van der Waals surface area contributed by atoms with Crippen LogP contribution >= 0.6 is 0 Å². The van der Waals surface area contributed by atoms with E-state index in [-0.39, 0.29) is 16.7 Å². The Morgan fingerprint density at radius 2 is 1.39 bits per heavy atom. The minimum absolute atomic E-state index is 0.267. The Balaban J connectivity index is 2.80. The van der Waals surface area contributed by atoms with Gasteiger partial charge in [-0.05, 0) is 33.1 Å². The highest BCUT2D eigenvalue weighted by Crippen LogP contribution is 2.42. The minimum Gasteiger partial charge on any atom is -0.507 e. The van der Waals surface area contributed by atoms with Crippen molar-refractivity contribution in [2.45, 2.75) is 64.3 Å². The number of phenolic OH excluding ortho intramolecular Hbond substituents is 1. The highest BCUT2D eigenvalue weighted by atomic mass is 16.5. The topological polar surface area (TPSA) is 72.5 Å². The maximum atomic E-state index is 12.3. The summed E-state index contributed by atoms with van der Waals surface area (Å²) >= 11 is 0. The minimum atomic E-state index is -0.849. The molecule has 4 heteroatoms. The maximum Gasteiger partial charge on any atom is 0.323 e. The van der Waals surface area contributed by atoms with Crippen molar-refractivity contribution < 1.29 is 14.6 Å². The summed E-state index contributed by atoms with van der Waals surface area (Å²) in [5.41, 5.74) is 9.34. The number of benzene rings is 2. The first-order valence-electron chi connectivity index (χ1n) is 9.64. The van der Waals surface area contributed by atoms with Gasteiger partial charge in [-0.3, -0.25) is 4.79 Å². The van der Waals surface area contributed by atoms with Crippen molar-refractivity contribution in [2.75, 3.05) is 7.11 Å². The first kappa shape index (κ1) is 22.0. The summed E-state index contributed by atoms with van der Waals surface area (Å²) in [6.07, 6.45) is 0. The van der Waals surface area contributed by atoms with Crippen LogP contribution in [0.15, 0.2) is 42.5 Å². The summed E-state index contributed by atoms with van der Waals surface area (Å²) in [6.45, 7) is 12.4. The lowest BCUT2D eigenvalue weighted by Gasteiger charge is -2.31. The van der Waals surface area contributed by atoms with Gasteiger partial charge in [0.1, 0.15) is 11.8 Å². The van der Waals surface area contributed by atoms with Gasteiger partial charge >= 0.3 is 5.97 Å². The molecule has 0 heterocycles. The molecule has 0 fully saturated rings. The van der Waals surface area contributed by atoms with Crippen molar-refractivity contribution >= 4 is 5.97 Å². The molecule has 2 atom stereocenters. The van der Waals surface area contributed by atoms with Crippen LogP contribution in [0.25, 0.3) is 0 Å². The van der Waals surface area contributed by atoms with Gasteiger partial charge in [-0.15, -0.1) is 0 Å². The van der Waals surface area contributed by atoms with E-state index in [0.29, 0.717) is 5.75 Å². The second kappa shape index (κ2) is 7.96. The zero-order chi connectivity index (χ0) is 21.3. The second-order valence-electron chi connectivity index (χ2n) is 9.40. The van der Waals surface area contributed by atoms with Crippen LogP contribution in [0.1, 0.15) is 69.7 Å². The Kier molecular flexibility index (Phi) is 6.24. The van der Waals surface area contributed by atoms with E-state index >= 15 is 0 Å². The standard InChI is InChI=1S/C24H33NO3/c1-23(2,3)17-13-16(14-18(21(17)26)24(4,5)6)19(20(25)22(27)28-7)15-11-9-8-10-12-15/h8-14,19-20,26H,25H2,1-7H3/t19-,20-/m0/s1. The van der Waals surface area contributed by atoms with Crippen LogP contribution in [0.3, 0.4) is 0 Å². The molecule has 2 aromatic rings. The van der Waals surface area contributed by atoms with Crippen molar-refractivity contribution in [3.63, 3.8) is 0 Å². The number of rotatable bonds is 4. The number of phenols is 1. The molecule has 0 aromatic heterocycles. The predicted molar refractivity (Wildman–Crippen MR) is 114 cm³/mol. The van der Waals surface area contributed by atoms with Gasteiger partial charge in [0.25, 0.3) is 0 Å². The van der Waals surface area contributed by atoms with Crippen molar-refractivity contribution in [3.8, 4) is 5.75 Å². The Bertz CT molecular complexity index is 794. The van der Waals surface area contributed by atoms with Crippen LogP contribution in [0.2, 0.25) is 0 Å². The van der Waals surface area contributed by atoms with Gasteiger partial charge in [-0.25, -0.2) is 0 Å². The van der Waals surface area contributed by atoms with Crippen molar-refractivity contribution in [3.05, 3.63) is 64.7 Å². The molecule has 0 bridgehead atoms. The molecule has 28 heavy (non-hydrogen) atoms. The molecule has 0 aliphatic rings. The molecule has 0 radical (unpaired) electrons. The van der Waals surface area contributed by atoms with Crippen molar-refractivity contribution in [1.82, 2.24) is 0 Å². The molecule has 3 N–H and O–H groups in total. The summed E-state index contributed by atoms with van der Waals surface area (Å²) in [4.78, 5) is 12.3. The van der Waals surface area contributed by atoms with E-state index in [2.05, 4.69) is 41.5 Å². The van der Waals surface area contributed by atoms with E-state index < -0.39 is 12.0 Å². The van der Waals surface area contributed by atoms with E-state index in [1.54, 1.807) is 0 Å². The first-order valence-corrected chi connectivity index (χ1v) is 9.64. The molecule has 2 rings (SSSR count). The third-order valence-corrected chi connectivity index (χ3v) is 5.10. The van der Waals surface area contributed by atoms with Crippen LogP contribution in [-0.2, 0) is 20.4 Å². The molecule has 0 amide bonds. The van der Waals surface area contributed by atoms with Crippen LogP contribution in [-0.4, -0.2) is 24.2 Å². The molecule has 0 saturated carbocycles. The molecule has 0 unspecified atom stereocenters. The van der Waals surface area contributed by atoms with Gasteiger partial charge in [0, 0.05) is 5.92 Å². The summed E-state index contributed by atoms with van der Waals surface area (Å²) in [5, 5.41) is 11.0. The molecule has 0 spiro atoms. The van der Waals surface area contributed by atoms with Crippen LogP contribution in [0.4, 0.5) is 0 Å². The van der Waals surface area contributed by atoms with E-state index in [0.717, 1.165) is 22.3 Å². The summed E-state index contributed by atoms with van der Waals surface area (Å²) in [7, 11) is 1.35. The van der Waals surface area contributed by atoms with E-state index in [1.807, 2.05) is 42.5 Å². The SMILES string of the molecule is COC(=O)[C@@H](N)[C@@H](c1ccccc1)c1cc(C(C)(C)C)c(O)c(C(C)(C)C)c1. The fourth-order valence-electron chi connectivity index (χ4n) is 3.52. The molecule has 0 aliphatic carbocycles. The smallest absolute Gasteiger partial charge is 0.323 e. The zero-order valence-corrected chi connectivity index (χ0v) is 18.0. The number of carbonyl (C=O) groups excluding carboxylic acids is 1. The highest BCUT2D eigenvalue weighted by Gasteiger charge is 2.33. The van der Waals surface area contributed by atoms with Gasteiger partial charge in [0.05, 0.1) is 7.11 Å². The summed E-state index contributed by atoms with van der Waals surface area (Å²) in [6, 6.07) is 12.8. The number of ether oxygens (including phenoxy) is 1. The number of carbonyl (C=O) groups is 1. The van der Waals surface area contributed by atoms with E-state index in [1.165, 1.54) is 7.11 Å². The van der Waals surface area contributed by atoms with Gasteiger partial charge < -0.3 is 15.6 Å². The number of hydrogen-bond donors (Lipinski definition) is 2. The summed E-state index contributed by atoms with van der Waals surface area (Å²) < 4.78 is 4.94.